The van der Waals surface area contributed by atoms with E-state index >= 15 is 0 Å². The highest BCUT2D eigenvalue weighted by Crippen LogP contribution is 2.24. The summed E-state index contributed by atoms with van der Waals surface area (Å²) in [5.74, 6) is -0.261. The molecule has 0 spiro atoms. The van der Waals surface area contributed by atoms with Crippen LogP contribution in [-0.2, 0) is 19.6 Å². The fourth-order valence-electron chi connectivity index (χ4n) is 3.28. The number of carbonyl (C=O) groups excluding carboxylic acids is 1. The Morgan fingerprint density at radius 3 is 2.68 bits per heavy atom. The smallest absolute Gasteiger partial charge is 0.253 e. The second-order valence-corrected chi connectivity index (χ2v) is 8.48. The van der Waals surface area contributed by atoms with Crippen molar-refractivity contribution < 1.29 is 17.9 Å². The Labute approximate surface area is 148 Å². The summed E-state index contributed by atoms with van der Waals surface area (Å²) in [6.45, 7) is 1.50. The molecule has 138 valence electrons. The Kier molecular flexibility index (Phi) is 5.73. The van der Waals surface area contributed by atoms with Gasteiger partial charge in [-0.3, -0.25) is 4.79 Å². The van der Waals surface area contributed by atoms with Crippen LogP contribution in [0.3, 0.4) is 0 Å². The monoisotopic (exact) mass is 367 g/mol. The molecule has 2 aliphatic rings. The number of piperidine rings is 1. The Balaban J connectivity index is 1.70. The van der Waals surface area contributed by atoms with E-state index in [0.29, 0.717) is 31.7 Å². The van der Waals surface area contributed by atoms with E-state index in [1.807, 2.05) is 0 Å². The molecule has 0 bridgehead atoms. The van der Waals surface area contributed by atoms with Crippen molar-refractivity contribution in [2.75, 3.05) is 25.0 Å². The molecule has 8 heteroatoms. The van der Waals surface area contributed by atoms with Gasteiger partial charge in [-0.2, -0.15) is 4.31 Å². The molecule has 0 aromatic heterocycles. The molecule has 7 nitrogen and oxygen atoms in total. The zero-order chi connectivity index (χ0) is 17.9. The number of sulfonamides is 1. The molecular weight excluding hydrogens is 342 g/mol. The predicted octanol–water partition coefficient (Wildman–Crippen LogP) is 1.31. The second kappa shape index (κ2) is 7.82. The lowest BCUT2D eigenvalue weighted by Gasteiger charge is -2.26. The Morgan fingerprint density at radius 1 is 1.24 bits per heavy atom. The van der Waals surface area contributed by atoms with Crippen LogP contribution in [0.4, 0.5) is 5.69 Å². The minimum atomic E-state index is -3.52. The number of rotatable bonds is 5. The zero-order valence-electron chi connectivity index (χ0n) is 14.2. The minimum absolute atomic E-state index is 0.0819. The van der Waals surface area contributed by atoms with Crippen molar-refractivity contribution in [3.05, 3.63) is 24.3 Å². The van der Waals surface area contributed by atoms with E-state index in [1.165, 1.54) is 10.4 Å². The summed E-state index contributed by atoms with van der Waals surface area (Å²) in [6.07, 6.45) is 3.61. The van der Waals surface area contributed by atoms with Crippen LogP contribution in [0.25, 0.3) is 0 Å². The first-order valence-electron chi connectivity index (χ1n) is 8.77. The van der Waals surface area contributed by atoms with Gasteiger partial charge in [-0.25, -0.2) is 8.42 Å². The lowest BCUT2D eigenvalue weighted by Crippen LogP contribution is -2.35. The van der Waals surface area contributed by atoms with Gasteiger partial charge in [-0.1, -0.05) is 12.5 Å². The molecule has 1 aromatic carbocycles. The predicted molar refractivity (Wildman–Crippen MR) is 94.6 cm³/mol. The van der Waals surface area contributed by atoms with Gasteiger partial charge in [0.15, 0.2) is 0 Å². The molecule has 3 rings (SSSR count). The standard InChI is InChI=1S/C17H25N3O4S/c18-12-14-7-8-16(24-14)17(21)19-13-5-4-6-15(11-13)25(22,23)20-9-2-1-3-10-20/h4-6,11,14,16H,1-3,7-10,12,18H2,(H,19,21)/t14-,16+/m1/s1. The van der Waals surface area contributed by atoms with E-state index in [4.69, 9.17) is 10.5 Å². The number of hydrogen-bond acceptors (Lipinski definition) is 5. The van der Waals surface area contributed by atoms with Crippen LogP contribution in [0.5, 0.6) is 0 Å². The van der Waals surface area contributed by atoms with Crippen molar-refractivity contribution in [1.29, 1.82) is 0 Å². The molecule has 2 heterocycles. The van der Waals surface area contributed by atoms with Gasteiger partial charge in [0.1, 0.15) is 6.10 Å². The Hall–Kier alpha value is -1.48. The van der Waals surface area contributed by atoms with E-state index in [-0.39, 0.29) is 16.9 Å². The molecule has 1 aromatic rings. The molecule has 2 atom stereocenters. The maximum Gasteiger partial charge on any atom is 0.253 e. The Bertz CT molecular complexity index is 716. The topological polar surface area (TPSA) is 102 Å². The van der Waals surface area contributed by atoms with Gasteiger partial charge in [0, 0.05) is 25.3 Å². The summed E-state index contributed by atoms with van der Waals surface area (Å²) in [5.41, 5.74) is 6.02. The lowest BCUT2D eigenvalue weighted by atomic mass is 10.2. The van der Waals surface area contributed by atoms with Crippen LogP contribution >= 0.6 is 0 Å². The quantitative estimate of drug-likeness (QED) is 0.817. The van der Waals surface area contributed by atoms with Crippen LogP contribution in [0, 0.1) is 0 Å². The van der Waals surface area contributed by atoms with E-state index in [2.05, 4.69) is 5.32 Å². The summed E-state index contributed by atoms with van der Waals surface area (Å²) >= 11 is 0. The number of carbonyl (C=O) groups is 1. The molecule has 1 amide bonds. The van der Waals surface area contributed by atoms with Crippen molar-refractivity contribution in [3.8, 4) is 0 Å². The molecular formula is C17H25N3O4S. The number of nitrogens with one attached hydrogen (secondary N) is 1. The van der Waals surface area contributed by atoms with Gasteiger partial charge < -0.3 is 15.8 Å². The molecule has 0 unspecified atom stereocenters. The highest BCUT2D eigenvalue weighted by Gasteiger charge is 2.30. The van der Waals surface area contributed by atoms with Gasteiger partial charge >= 0.3 is 0 Å². The molecule has 3 N–H and O–H groups in total. The summed E-state index contributed by atoms with van der Waals surface area (Å²) in [6, 6.07) is 6.40. The van der Waals surface area contributed by atoms with Crippen LogP contribution in [0.1, 0.15) is 32.1 Å². The molecule has 2 fully saturated rings. The van der Waals surface area contributed by atoms with Gasteiger partial charge in [-0.15, -0.1) is 0 Å². The van der Waals surface area contributed by atoms with Crippen molar-refractivity contribution in [3.63, 3.8) is 0 Å². The largest absolute Gasteiger partial charge is 0.364 e. The first-order valence-corrected chi connectivity index (χ1v) is 10.2. The molecule has 0 saturated carbocycles. The molecule has 0 aliphatic carbocycles. The van der Waals surface area contributed by atoms with Crippen molar-refractivity contribution in [2.45, 2.75) is 49.2 Å². The van der Waals surface area contributed by atoms with Gasteiger partial charge in [-0.05, 0) is 43.9 Å². The highest BCUT2D eigenvalue weighted by molar-refractivity contribution is 7.89. The van der Waals surface area contributed by atoms with Crippen molar-refractivity contribution in [2.24, 2.45) is 5.73 Å². The minimum Gasteiger partial charge on any atom is -0.364 e. The Morgan fingerprint density at radius 2 is 2.00 bits per heavy atom. The number of anilines is 1. The summed E-state index contributed by atoms with van der Waals surface area (Å²) in [4.78, 5) is 12.5. The van der Waals surface area contributed by atoms with Crippen molar-refractivity contribution >= 4 is 21.6 Å². The van der Waals surface area contributed by atoms with E-state index in [0.717, 1.165) is 25.7 Å². The van der Waals surface area contributed by atoms with Gasteiger partial charge in [0.2, 0.25) is 10.0 Å². The number of benzene rings is 1. The van der Waals surface area contributed by atoms with Crippen LogP contribution in [0.2, 0.25) is 0 Å². The summed E-state index contributed by atoms with van der Waals surface area (Å²) in [7, 11) is -3.52. The molecule has 2 aliphatic heterocycles. The average molecular weight is 367 g/mol. The summed E-state index contributed by atoms with van der Waals surface area (Å²) in [5, 5.41) is 2.76. The normalized spacial score (nSPS) is 25.0. The third-order valence-electron chi connectivity index (χ3n) is 4.72. The lowest BCUT2D eigenvalue weighted by molar-refractivity contribution is -0.126. The number of nitrogens with zero attached hydrogens (tertiary/aromatic N) is 1. The first-order chi connectivity index (χ1) is 12.0. The third kappa shape index (κ3) is 4.20. The second-order valence-electron chi connectivity index (χ2n) is 6.54. The van der Waals surface area contributed by atoms with Crippen molar-refractivity contribution in [1.82, 2.24) is 4.31 Å². The molecule has 0 radical (unpaired) electrons. The van der Waals surface area contributed by atoms with Crippen LogP contribution < -0.4 is 11.1 Å². The molecule has 25 heavy (non-hydrogen) atoms. The number of ether oxygens (including phenoxy) is 1. The maximum absolute atomic E-state index is 12.7. The van der Waals surface area contributed by atoms with E-state index in [1.54, 1.807) is 18.2 Å². The van der Waals surface area contributed by atoms with E-state index < -0.39 is 16.1 Å². The fourth-order valence-corrected chi connectivity index (χ4v) is 4.85. The summed E-state index contributed by atoms with van der Waals surface area (Å²) < 4.78 is 32.6. The number of amides is 1. The van der Waals surface area contributed by atoms with Crippen LogP contribution in [0.15, 0.2) is 29.2 Å². The fraction of sp³-hybridized carbons (Fsp3) is 0.588. The maximum atomic E-state index is 12.7. The SMILES string of the molecule is NC[C@H]1CC[C@@H](C(=O)Nc2cccc(S(=O)(=O)N3CCCCC3)c2)O1. The van der Waals surface area contributed by atoms with E-state index in [9.17, 15) is 13.2 Å². The van der Waals surface area contributed by atoms with Gasteiger partial charge in [0.05, 0.1) is 11.0 Å². The van der Waals surface area contributed by atoms with Crippen LogP contribution in [-0.4, -0.2) is 50.5 Å². The highest BCUT2D eigenvalue weighted by atomic mass is 32.2. The number of hydrogen-bond donors (Lipinski definition) is 2. The average Bonchev–Trinajstić information content (AvgIpc) is 3.12. The number of nitrogens with two attached hydrogens (primary N) is 1. The van der Waals surface area contributed by atoms with Gasteiger partial charge in [0.25, 0.3) is 5.91 Å². The molecule has 2 saturated heterocycles. The third-order valence-corrected chi connectivity index (χ3v) is 6.61. The zero-order valence-corrected chi connectivity index (χ0v) is 15.0. The first kappa shape index (κ1) is 18.3.